The Balaban J connectivity index is 1.58. The van der Waals surface area contributed by atoms with Gasteiger partial charge < -0.3 is 15.4 Å². The van der Waals surface area contributed by atoms with Crippen molar-refractivity contribution in [1.82, 2.24) is 9.97 Å². The van der Waals surface area contributed by atoms with Crippen LogP contribution in [0.5, 0.6) is 11.6 Å². The summed E-state index contributed by atoms with van der Waals surface area (Å²) in [5, 5.41) is 5.84. The van der Waals surface area contributed by atoms with E-state index in [1.165, 1.54) is 18.5 Å². The maximum absolute atomic E-state index is 12.9. The fourth-order valence-electron chi connectivity index (χ4n) is 2.43. The van der Waals surface area contributed by atoms with Crippen LogP contribution in [0.25, 0.3) is 0 Å². The van der Waals surface area contributed by atoms with Gasteiger partial charge in [-0.1, -0.05) is 18.2 Å². The molecule has 144 valence electrons. The van der Waals surface area contributed by atoms with E-state index in [0.717, 1.165) is 12.0 Å². The molecule has 0 fully saturated rings. The number of hydrogen-bond acceptors (Lipinski definition) is 5. The van der Waals surface area contributed by atoms with Gasteiger partial charge in [0, 0.05) is 24.4 Å². The second-order valence-electron chi connectivity index (χ2n) is 5.86. The third kappa shape index (κ3) is 5.92. The molecule has 0 atom stereocenters. The monoisotopic (exact) mass is 400 g/mol. The Morgan fingerprint density at radius 3 is 2.71 bits per heavy atom. The van der Waals surface area contributed by atoms with Gasteiger partial charge in [0.25, 0.3) is 0 Å². The first-order valence-corrected chi connectivity index (χ1v) is 9.10. The van der Waals surface area contributed by atoms with E-state index in [1.54, 1.807) is 42.5 Å². The van der Waals surface area contributed by atoms with Crippen LogP contribution in [0.1, 0.15) is 5.56 Å². The molecule has 2 N–H and O–H groups in total. The van der Waals surface area contributed by atoms with Gasteiger partial charge in [0.05, 0.1) is 0 Å². The van der Waals surface area contributed by atoms with Gasteiger partial charge >= 0.3 is 0 Å². The van der Waals surface area contributed by atoms with Crippen molar-refractivity contribution in [2.45, 2.75) is 6.42 Å². The number of benzene rings is 2. The summed E-state index contributed by atoms with van der Waals surface area (Å²) >= 11 is 5.49. The Labute approximate surface area is 166 Å². The van der Waals surface area contributed by atoms with Crippen LogP contribution < -0.4 is 15.4 Å². The Kier molecular flexibility index (Phi) is 6.75. The van der Waals surface area contributed by atoms with E-state index < -0.39 is 0 Å². The largest absolute Gasteiger partial charge is 0.439 e. The second-order valence-corrected chi connectivity index (χ2v) is 6.12. The van der Waals surface area contributed by atoms with Crippen molar-refractivity contribution in [2.75, 3.05) is 23.1 Å². The smallest absolute Gasteiger partial charge is 0.239 e. The van der Waals surface area contributed by atoms with Gasteiger partial charge in [-0.25, -0.2) is 14.4 Å². The number of halogens is 2. The summed E-state index contributed by atoms with van der Waals surface area (Å²) in [4.78, 5) is 19.6. The number of nitrogens with zero attached hydrogens (tertiary/aromatic N) is 2. The van der Waals surface area contributed by atoms with Gasteiger partial charge in [-0.15, -0.1) is 11.6 Å². The predicted octanol–water partition coefficient (Wildman–Crippen LogP) is 4.24. The van der Waals surface area contributed by atoms with Crippen molar-refractivity contribution in [3.05, 3.63) is 72.3 Å². The summed E-state index contributed by atoms with van der Waals surface area (Å²) in [5.41, 5.74) is 1.60. The number of amides is 1. The average molecular weight is 401 g/mol. The van der Waals surface area contributed by atoms with Crippen molar-refractivity contribution < 1.29 is 13.9 Å². The van der Waals surface area contributed by atoms with E-state index in [9.17, 15) is 9.18 Å². The van der Waals surface area contributed by atoms with Crippen LogP contribution >= 0.6 is 11.6 Å². The molecule has 28 heavy (non-hydrogen) atoms. The zero-order chi connectivity index (χ0) is 19.8. The lowest BCUT2D eigenvalue weighted by Gasteiger charge is -2.09. The van der Waals surface area contributed by atoms with Gasteiger partial charge in [0.15, 0.2) is 0 Å². The van der Waals surface area contributed by atoms with E-state index in [2.05, 4.69) is 20.6 Å². The normalized spacial score (nSPS) is 10.4. The Bertz CT molecular complexity index is 937. The molecule has 0 spiro atoms. The lowest BCUT2D eigenvalue weighted by atomic mass is 10.1. The summed E-state index contributed by atoms with van der Waals surface area (Å²) in [6, 6.07) is 15.0. The summed E-state index contributed by atoms with van der Waals surface area (Å²) in [6.07, 6.45) is 2.12. The highest BCUT2D eigenvalue weighted by atomic mass is 35.5. The molecule has 0 bridgehead atoms. The lowest BCUT2D eigenvalue weighted by molar-refractivity contribution is -0.113. The first kappa shape index (κ1) is 19.6. The first-order valence-electron chi connectivity index (χ1n) is 8.56. The highest BCUT2D eigenvalue weighted by Crippen LogP contribution is 2.23. The molecule has 6 nitrogen and oxygen atoms in total. The molecule has 1 amide bonds. The number of aromatic nitrogens is 2. The van der Waals surface area contributed by atoms with Crippen molar-refractivity contribution in [3.8, 4) is 11.6 Å². The molecule has 0 aliphatic rings. The molecule has 3 aromatic rings. The minimum Gasteiger partial charge on any atom is -0.439 e. The topological polar surface area (TPSA) is 76.1 Å². The molecular weight excluding hydrogens is 383 g/mol. The van der Waals surface area contributed by atoms with Crippen molar-refractivity contribution in [2.24, 2.45) is 0 Å². The van der Waals surface area contributed by atoms with Crippen LogP contribution in [-0.4, -0.2) is 28.3 Å². The number of ether oxygens (including phenoxy) is 1. The van der Waals surface area contributed by atoms with E-state index in [1.807, 2.05) is 0 Å². The minimum atomic E-state index is -0.298. The number of carbonyl (C=O) groups is 1. The third-order valence-electron chi connectivity index (χ3n) is 3.74. The lowest BCUT2D eigenvalue weighted by Crippen LogP contribution is -2.12. The maximum Gasteiger partial charge on any atom is 0.239 e. The maximum atomic E-state index is 12.9. The molecule has 8 heteroatoms. The van der Waals surface area contributed by atoms with Gasteiger partial charge in [-0.2, -0.15) is 0 Å². The van der Waals surface area contributed by atoms with E-state index in [-0.39, 0.29) is 17.6 Å². The number of carbonyl (C=O) groups excluding carboxylic acids is 1. The van der Waals surface area contributed by atoms with Gasteiger partial charge in [0.2, 0.25) is 11.8 Å². The molecule has 1 aromatic heterocycles. The van der Waals surface area contributed by atoms with Crippen molar-refractivity contribution >= 4 is 29.0 Å². The van der Waals surface area contributed by atoms with Crippen molar-refractivity contribution in [1.29, 1.82) is 0 Å². The zero-order valence-corrected chi connectivity index (χ0v) is 15.6. The molecule has 0 radical (unpaired) electrons. The third-order valence-corrected chi connectivity index (χ3v) is 3.98. The van der Waals surface area contributed by atoms with Crippen LogP contribution in [-0.2, 0) is 11.2 Å². The van der Waals surface area contributed by atoms with Crippen molar-refractivity contribution in [3.63, 3.8) is 0 Å². The Morgan fingerprint density at radius 2 is 1.93 bits per heavy atom. The summed E-state index contributed by atoms with van der Waals surface area (Å²) in [7, 11) is 0. The number of rotatable bonds is 8. The van der Waals surface area contributed by atoms with Crippen LogP contribution in [0.4, 0.5) is 15.9 Å². The molecule has 0 unspecified atom stereocenters. The number of alkyl halides is 1. The van der Waals surface area contributed by atoms with E-state index >= 15 is 0 Å². The predicted molar refractivity (Wildman–Crippen MR) is 106 cm³/mol. The highest BCUT2D eigenvalue weighted by molar-refractivity contribution is 6.29. The Hall–Kier alpha value is -3.19. The quantitative estimate of drug-likeness (QED) is 0.553. The second kappa shape index (κ2) is 9.66. The SMILES string of the molecule is O=C(CCl)Nc1cccc(Oc2cc(NCCc3ccc(F)cc3)ncn2)c1. The van der Waals surface area contributed by atoms with E-state index in [4.69, 9.17) is 16.3 Å². The van der Waals surface area contributed by atoms with Crippen LogP contribution in [0, 0.1) is 5.82 Å². The summed E-state index contributed by atoms with van der Waals surface area (Å²) in [5.74, 6) is 0.820. The molecule has 1 heterocycles. The summed E-state index contributed by atoms with van der Waals surface area (Å²) < 4.78 is 18.7. The minimum absolute atomic E-state index is 0.121. The van der Waals surface area contributed by atoms with Crippen LogP contribution in [0.15, 0.2) is 60.9 Å². The standard InChI is InChI=1S/C20H18ClFN4O2/c21-12-19(27)26-16-2-1-3-17(10-16)28-20-11-18(24-13-25-20)23-9-8-14-4-6-15(22)7-5-14/h1-7,10-11,13H,8-9,12H2,(H,26,27)(H,23,24,25). The van der Waals surface area contributed by atoms with Gasteiger partial charge in [0.1, 0.15) is 29.6 Å². The molecule has 2 aromatic carbocycles. The molecule has 3 rings (SSSR count). The average Bonchev–Trinajstić information content (AvgIpc) is 2.70. The van der Waals surface area contributed by atoms with Crippen LogP contribution in [0.2, 0.25) is 0 Å². The molecular formula is C20H18ClFN4O2. The molecule has 0 aliphatic carbocycles. The van der Waals surface area contributed by atoms with E-state index in [0.29, 0.717) is 29.7 Å². The van der Waals surface area contributed by atoms with Gasteiger partial charge in [-0.05, 0) is 36.2 Å². The summed E-state index contributed by atoms with van der Waals surface area (Å²) in [6.45, 7) is 0.627. The molecule has 0 saturated heterocycles. The zero-order valence-electron chi connectivity index (χ0n) is 14.9. The first-order chi connectivity index (χ1) is 13.6. The fraction of sp³-hybridized carbons (Fsp3) is 0.150. The highest BCUT2D eigenvalue weighted by Gasteiger charge is 2.05. The van der Waals surface area contributed by atoms with Crippen LogP contribution in [0.3, 0.4) is 0 Å². The molecule has 0 aliphatic heterocycles. The Morgan fingerprint density at radius 1 is 1.11 bits per heavy atom. The number of nitrogens with one attached hydrogen (secondary N) is 2. The molecule has 0 saturated carbocycles. The number of anilines is 2. The van der Waals surface area contributed by atoms with Gasteiger partial charge in [-0.3, -0.25) is 4.79 Å². The number of hydrogen-bond donors (Lipinski definition) is 2. The fourth-order valence-corrected chi connectivity index (χ4v) is 2.50.